The van der Waals surface area contributed by atoms with Gasteiger partial charge in [0.1, 0.15) is 31.0 Å². The third kappa shape index (κ3) is 2.96. The lowest BCUT2D eigenvalue weighted by Gasteiger charge is -1.98. The first-order valence-electron chi connectivity index (χ1n) is 4.98. The van der Waals surface area contributed by atoms with Gasteiger partial charge in [-0.05, 0) is 18.2 Å². The van der Waals surface area contributed by atoms with Crippen LogP contribution in [0.3, 0.4) is 0 Å². The predicted octanol–water partition coefficient (Wildman–Crippen LogP) is 1.19. The maximum Gasteiger partial charge on any atom is 0.268 e. The normalized spacial score (nSPS) is 10.4. The van der Waals surface area contributed by atoms with Crippen molar-refractivity contribution in [3.8, 4) is 0 Å². The van der Waals surface area contributed by atoms with Crippen molar-refractivity contribution in [3.63, 3.8) is 0 Å². The highest BCUT2D eigenvalue weighted by Crippen LogP contribution is 2.10. The lowest BCUT2D eigenvalue weighted by Crippen LogP contribution is -2.29. The number of hydrogen-bond donors (Lipinski definition) is 2. The first-order chi connectivity index (χ1) is 8.29. The van der Waals surface area contributed by atoms with E-state index in [2.05, 4.69) is 0 Å². The topological polar surface area (TPSA) is 90.6 Å². The van der Waals surface area contributed by atoms with E-state index in [1.807, 2.05) is 11.5 Å². The van der Waals surface area contributed by atoms with Crippen molar-refractivity contribution in [1.29, 1.82) is 0 Å². The number of nitrogens with two attached hydrogens (primary N) is 1. The molecular formula is C11H12N2O4. The van der Waals surface area contributed by atoms with Crippen LogP contribution in [0.4, 0.5) is 0 Å². The zero-order valence-electron chi connectivity index (χ0n) is 9.01. The summed E-state index contributed by atoms with van der Waals surface area (Å²) < 4.78 is 15.6. The van der Waals surface area contributed by atoms with Crippen LogP contribution < -0.4 is 11.3 Å². The Hall–Kier alpha value is -2.05. The molecule has 0 atom stereocenters. The van der Waals surface area contributed by atoms with E-state index in [0.717, 1.165) is 5.76 Å². The average Bonchev–Trinajstić information content (AvgIpc) is 2.99. The van der Waals surface area contributed by atoms with Gasteiger partial charge in [0.05, 0.1) is 11.8 Å². The number of hydrazine groups is 1. The Morgan fingerprint density at radius 3 is 2.88 bits per heavy atom. The average molecular weight is 236 g/mol. The molecule has 0 aliphatic carbocycles. The molecule has 0 saturated carbocycles. The van der Waals surface area contributed by atoms with E-state index in [4.69, 9.17) is 19.4 Å². The van der Waals surface area contributed by atoms with E-state index in [1.54, 1.807) is 18.4 Å². The van der Waals surface area contributed by atoms with Crippen molar-refractivity contribution in [2.75, 3.05) is 0 Å². The molecule has 0 unspecified atom stereocenters. The summed E-state index contributed by atoms with van der Waals surface area (Å²) >= 11 is 0. The van der Waals surface area contributed by atoms with Gasteiger partial charge in [0.25, 0.3) is 5.91 Å². The monoisotopic (exact) mass is 236 g/mol. The molecule has 1 amide bonds. The lowest BCUT2D eigenvalue weighted by atomic mass is 10.3. The van der Waals surface area contributed by atoms with Crippen molar-refractivity contribution in [2.45, 2.75) is 13.2 Å². The molecule has 0 radical (unpaired) electrons. The third-order valence-corrected chi connectivity index (χ3v) is 2.12. The van der Waals surface area contributed by atoms with Crippen molar-refractivity contribution in [1.82, 2.24) is 5.43 Å². The van der Waals surface area contributed by atoms with Crippen LogP contribution in [0.25, 0.3) is 0 Å². The molecule has 90 valence electrons. The summed E-state index contributed by atoms with van der Waals surface area (Å²) in [7, 11) is 0. The number of nitrogen functional groups attached to an aromatic ring is 1. The number of furan rings is 2. The third-order valence-electron chi connectivity index (χ3n) is 2.12. The van der Waals surface area contributed by atoms with Gasteiger partial charge in [-0.3, -0.25) is 10.2 Å². The van der Waals surface area contributed by atoms with E-state index in [1.165, 1.54) is 6.26 Å². The van der Waals surface area contributed by atoms with Crippen LogP contribution >= 0.6 is 0 Å². The van der Waals surface area contributed by atoms with Gasteiger partial charge in [-0.25, -0.2) is 5.84 Å². The van der Waals surface area contributed by atoms with Crippen LogP contribution in [0.15, 0.2) is 39.6 Å². The number of carbonyl (C=O) groups excluding carboxylic acids is 1. The molecule has 2 aromatic heterocycles. The Kier molecular flexibility index (Phi) is 3.59. The largest absolute Gasteiger partial charge is 0.467 e. The minimum Gasteiger partial charge on any atom is -0.467 e. The standard InChI is InChI=1S/C11H12N2O4/c12-13-11(14)8-4-10(17-5-8)7-15-6-9-2-1-3-16-9/h1-5H,6-7,12H2,(H,13,14). The fourth-order valence-electron chi connectivity index (χ4n) is 1.31. The molecule has 0 aliphatic heterocycles. The number of nitrogens with one attached hydrogen (secondary N) is 1. The summed E-state index contributed by atoms with van der Waals surface area (Å²) in [5.41, 5.74) is 2.38. The second-order valence-corrected chi connectivity index (χ2v) is 3.35. The molecular weight excluding hydrogens is 224 g/mol. The zero-order chi connectivity index (χ0) is 12.1. The number of hydrogen-bond acceptors (Lipinski definition) is 5. The quantitative estimate of drug-likeness (QED) is 0.462. The van der Waals surface area contributed by atoms with Gasteiger partial charge >= 0.3 is 0 Å². The molecule has 6 nitrogen and oxygen atoms in total. The molecule has 0 fully saturated rings. The summed E-state index contributed by atoms with van der Waals surface area (Å²) in [6.07, 6.45) is 2.91. The Morgan fingerprint density at radius 1 is 1.35 bits per heavy atom. The molecule has 2 aromatic rings. The van der Waals surface area contributed by atoms with Gasteiger partial charge in [0.15, 0.2) is 0 Å². The van der Waals surface area contributed by atoms with Gasteiger partial charge in [-0.15, -0.1) is 0 Å². The minimum absolute atomic E-state index is 0.262. The van der Waals surface area contributed by atoms with Crippen molar-refractivity contribution >= 4 is 5.91 Å². The number of ether oxygens (including phenoxy) is 1. The number of amides is 1. The molecule has 0 saturated heterocycles. The second kappa shape index (κ2) is 5.33. The molecule has 0 spiro atoms. The molecule has 0 aliphatic rings. The fourth-order valence-corrected chi connectivity index (χ4v) is 1.31. The van der Waals surface area contributed by atoms with Gasteiger partial charge < -0.3 is 13.6 Å². The summed E-state index contributed by atoms with van der Waals surface area (Å²) in [5, 5.41) is 0. The maximum absolute atomic E-state index is 11.1. The van der Waals surface area contributed by atoms with Crippen LogP contribution in [0.5, 0.6) is 0 Å². The highest BCUT2D eigenvalue weighted by molar-refractivity contribution is 5.93. The first-order valence-corrected chi connectivity index (χ1v) is 4.98. The van der Waals surface area contributed by atoms with Crippen LogP contribution in [0.1, 0.15) is 21.9 Å². The fraction of sp³-hybridized carbons (Fsp3) is 0.182. The Morgan fingerprint density at radius 2 is 2.18 bits per heavy atom. The van der Waals surface area contributed by atoms with Gasteiger partial charge in [-0.1, -0.05) is 0 Å². The number of carbonyl (C=O) groups is 1. The Bertz CT molecular complexity index is 475. The highest BCUT2D eigenvalue weighted by atomic mass is 16.5. The van der Waals surface area contributed by atoms with Crippen molar-refractivity contribution < 1.29 is 18.4 Å². The number of rotatable bonds is 5. The smallest absolute Gasteiger partial charge is 0.268 e. The Balaban J connectivity index is 1.83. The summed E-state index contributed by atoms with van der Waals surface area (Å²) in [5.74, 6) is 5.88. The van der Waals surface area contributed by atoms with Crippen molar-refractivity contribution in [3.05, 3.63) is 47.8 Å². The molecule has 0 aromatic carbocycles. The first kappa shape index (κ1) is 11.4. The zero-order valence-corrected chi connectivity index (χ0v) is 9.01. The van der Waals surface area contributed by atoms with E-state index in [0.29, 0.717) is 17.9 Å². The molecule has 6 heteroatoms. The minimum atomic E-state index is -0.397. The van der Waals surface area contributed by atoms with Gasteiger partial charge in [-0.2, -0.15) is 0 Å². The van der Waals surface area contributed by atoms with Gasteiger partial charge in [0.2, 0.25) is 0 Å². The maximum atomic E-state index is 11.1. The lowest BCUT2D eigenvalue weighted by molar-refractivity contribution is 0.0803. The van der Waals surface area contributed by atoms with E-state index in [-0.39, 0.29) is 6.61 Å². The van der Waals surface area contributed by atoms with Crippen LogP contribution in [-0.4, -0.2) is 5.91 Å². The van der Waals surface area contributed by atoms with Crippen LogP contribution in [-0.2, 0) is 18.0 Å². The summed E-state index contributed by atoms with van der Waals surface area (Å²) in [6.45, 7) is 0.616. The van der Waals surface area contributed by atoms with E-state index < -0.39 is 5.91 Å². The Labute approximate surface area is 97.3 Å². The summed E-state index contributed by atoms with van der Waals surface area (Å²) in [6, 6.07) is 5.18. The van der Waals surface area contributed by atoms with Crippen LogP contribution in [0, 0.1) is 0 Å². The van der Waals surface area contributed by atoms with E-state index in [9.17, 15) is 4.79 Å². The SMILES string of the molecule is NNC(=O)c1coc(COCc2ccco2)c1. The summed E-state index contributed by atoms with van der Waals surface area (Å²) in [4.78, 5) is 11.1. The molecule has 2 heterocycles. The van der Waals surface area contributed by atoms with Crippen LogP contribution in [0.2, 0.25) is 0 Å². The van der Waals surface area contributed by atoms with Crippen molar-refractivity contribution in [2.24, 2.45) is 5.84 Å². The van der Waals surface area contributed by atoms with Gasteiger partial charge in [0, 0.05) is 0 Å². The highest BCUT2D eigenvalue weighted by Gasteiger charge is 2.08. The van der Waals surface area contributed by atoms with E-state index >= 15 is 0 Å². The predicted molar refractivity (Wildman–Crippen MR) is 57.6 cm³/mol. The molecule has 2 rings (SSSR count). The molecule has 3 N–H and O–H groups in total. The molecule has 17 heavy (non-hydrogen) atoms. The molecule has 0 bridgehead atoms. The second-order valence-electron chi connectivity index (χ2n) is 3.35.